The molecule has 78 valence electrons. The molecule has 2 heterocycles. The van der Waals surface area contributed by atoms with Crippen LogP contribution in [0.1, 0.15) is 32.0 Å². The van der Waals surface area contributed by atoms with Crippen molar-refractivity contribution in [1.29, 1.82) is 0 Å². The summed E-state index contributed by atoms with van der Waals surface area (Å²) >= 11 is 0. The number of carbonyl (C=O) groups excluding carboxylic acids is 2. The average Bonchev–Trinajstić information content (AvgIpc) is 2.40. The van der Waals surface area contributed by atoms with Crippen LogP contribution in [-0.2, 0) is 0 Å². The summed E-state index contributed by atoms with van der Waals surface area (Å²) in [7, 11) is 0. The van der Waals surface area contributed by atoms with Gasteiger partial charge in [0.2, 0.25) is 0 Å². The smallest absolute Gasteiger partial charge is 0.281 e. The van der Waals surface area contributed by atoms with Crippen molar-refractivity contribution in [1.82, 2.24) is 9.99 Å². The highest BCUT2D eigenvalue weighted by Crippen LogP contribution is 2.21. The molecule has 1 aromatic heterocycles. The second-order valence-corrected chi connectivity index (χ2v) is 3.43. The standard InChI is InChI=1S/C9H9N3O3/c1-3-4(2)11-7(13)6-5(3)8(14)12(10)9(6)15/h10H2,1-2H3,(H,11,13). The molecule has 0 atom stereocenters. The molecule has 2 amide bonds. The fourth-order valence-electron chi connectivity index (χ4n) is 1.62. The zero-order valence-electron chi connectivity index (χ0n) is 8.25. The van der Waals surface area contributed by atoms with Crippen LogP contribution in [0.5, 0.6) is 0 Å². The van der Waals surface area contributed by atoms with Crippen molar-refractivity contribution in [2.45, 2.75) is 13.8 Å². The van der Waals surface area contributed by atoms with Gasteiger partial charge in [-0.15, -0.1) is 0 Å². The number of nitrogens with two attached hydrogens (primary N) is 1. The van der Waals surface area contributed by atoms with Gasteiger partial charge in [-0.05, 0) is 19.4 Å². The quantitative estimate of drug-likeness (QED) is 0.339. The fourth-order valence-corrected chi connectivity index (χ4v) is 1.62. The van der Waals surface area contributed by atoms with E-state index in [1.54, 1.807) is 13.8 Å². The van der Waals surface area contributed by atoms with E-state index in [1.165, 1.54) is 0 Å². The highest BCUT2D eigenvalue weighted by Gasteiger charge is 2.38. The van der Waals surface area contributed by atoms with Crippen LogP contribution in [0.25, 0.3) is 0 Å². The number of fused-ring (bicyclic) bond motifs is 1. The molecule has 0 bridgehead atoms. The van der Waals surface area contributed by atoms with Gasteiger partial charge in [-0.3, -0.25) is 14.4 Å². The Bertz CT molecular complexity index is 544. The van der Waals surface area contributed by atoms with Crippen molar-refractivity contribution in [2.24, 2.45) is 5.84 Å². The minimum Gasteiger partial charge on any atom is -0.326 e. The van der Waals surface area contributed by atoms with E-state index in [9.17, 15) is 14.4 Å². The summed E-state index contributed by atoms with van der Waals surface area (Å²) in [4.78, 5) is 37.0. The van der Waals surface area contributed by atoms with Gasteiger partial charge in [0, 0.05) is 5.69 Å². The second-order valence-electron chi connectivity index (χ2n) is 3.43. The molecule has 1 aliphatic rings. The molecule has 3 N–H and O–H groups in total. The highest BCUT2D eigenvalue weighted by atomic mass is 16.2. The Morgan fingerprint density at radius 2 is 1.60 bits per heavy atom. The molecular weight excluding hydrogens is 198 g/mol. The first-order valence-corrected chi connectivity index (χ1v) is 4.32. The Morgan fingerprint density at radius 1 is 1.07 bits per heavy atom. The number of hydrogen-bond donors (Lipinski definition) is 2. The molecule has 0 fully saturated rings. The summed E-state index contributed by atoms with van der Waals surface area (Å²) in [5.41, 5.74) is 0.528. The third-order valence-corrected chi connectivity index (χ3v) is 2.58. The average molecular weight is 207 g/mol. The van der Waals surface area contributed by atoms with E-state index in [-0.39, 0.29) is 11.1 Å². The van der Waals surface area contributed by atoms with Crippen LogP contribution >= 0.6 is 0 Å². The van der Waals surface area contributed by atoms with Gasteiger partial charge in [-0.2, -0.15) is 0 Å². The van der Waals surface area contributed by atoms with Crippen molar-refractivity contribution in [3.63, 3.8) is 0 Å². The lowest BCUT2D eigenvalue weighted by atomic mass is 10.0. The Hall–Kier alpha value is -1.95. The van der Waals surface area contributed by atoms with Gasteiger partial charge in [0.25, 0.3) is 17.4 Å². The number of nitrogens with one attached hydrogen (secondary N) is 1. The number of aromatic nitrogens is 1. The topological polar surface area (TPSA) is 96.3 Å². The highest BCUT2D eigenvalue weighted by molar-refractivity contribution is 6.21. The molecule has 0 aliphatic carbocycles. The summed E-state index contributed by atoms with van der Waals surface area (Å²) in [5.74, 6) is 3.87. The van der Waals surface area contributed by atoms with Crippen LogP contribution in [0.3, 0.4) is 0 Å². The van der Waals surface area contributed by atoms with E-state index in [1.807, 2.05) is 0 Å². The Labute approximate surface area is 84.7 Å². The van der Waals surface area contributed by atoms with Crippen molar-refractivity contribution < 1.29 is 9.59 Å². The van der Waals surface area contributed by atoms with Crippen LogP contribution in [-0.4, -0.2) is 21.8 Å². The predicted octanol–water partition coefficient (Wildman–Crippen LogP) is -0.539. The molecule has 2 rings (SSSR count). The van der Waals surface area contributed by atoms with Crippen LogP contribution < -0.4 is 11.4 Å². The zero-order valence-corrected chi connectivity index (χ0v) is 8.25. The monoisotopic (exact) mass is 207 g/mol. The van der Waals surface area contributed by atoms with Crippen molar-refractivity contribution in [3.05, 3.63) is 32.7 Å². The molecule has 0 unspecified atom stereocenters. The van der Waals surface area contributed by atoms with Crippen LogP contribution in [0, 0.1) is 13.8 Å². The number of imide groups is 1. The van der Waals surface area contributed by atoms with Gasteiger partial charge in [0.05, 0.1) is 5.56 Å². The van der Waals surface area contributed by atoms with E-state index in [0.29, 0.717) is 16.3 Å². The first kappa shape index (κ1) is 9.60. The minimum atomic E-state index is -0.751. The molecule has 6 heteroatoms. The molecule has 0 aromatic carbocycles. The fraction of sp³-hybridized carbons (Fsp3) is 0.222. The maximum Gasteiger partial charge on any atom is 0.281 e. The molecule has 0 saturated carbocycles. The number of nitrogens with zero attached hydrogens (tertiary/aromatic N) is 1. The number of amides is 2. The molecule has 15 heavy (non-hydrogen) atoms. The van der Waals surface area contributed by atoms with Crippen molar-refractivity contribution in [3.8, 4) is 0 Å². The third kappa shape index (κ3) is 1.05. The number of rotatable bonds is 0. The lowest BCUT2D eigenvalue weighted by molar-refractivity contribution is 0.0653. The molecule has 0 spiro atoms. The number of aromatic amines is 1. The van der Waals surface area contributed by atoms with E-state index < -0.39 is 17.4 Å². The Morgan fingerprint density at radius 3 is 2.20 bits per heavy atom. The second kappa shape index (κ2) is 2.77. The molecule has 0 radical (unpaired) electrons. The number of carbonyl (C=O) groups is 2. The number of aryl methyl sites for hydroxylation is 1. The lowest BCUT2D eigenvalue weighted by Crippen LogP contribution is -2.37. The SMILES string of the molecule is Cc1[nH]c(=O)c2c(c1C)C(=O)N(N)C2=O. The van der Waals surface area contributed by atoms with Crippen molar-refractivity contribution >= 4 is 11.8 Å². The van der Waals surface area contributed by atoms with E-state index in [2.05, 4.69) is 4.98 Å². The van der Waals surface area contributed by atoms with Crippen LogP contribution in [0.15, 0.2) is 4.79 Å². The molecule has 6 nitrogen and oxygen atoms in total. The van der Waals surface area contributed by atoms with Gasteiger partial charge < -0.3 is 4.98 Å². The normalized spacial score (nSPS) is 14.7. The molecule has 1 aromatic rings. The summed E-state index contributed by atoms with van der Waals surface area (Å²) in [6.07, 6.45) is 0. The van der Waals surface area contributed by atoms with Gasteiger partial charge in [0.1, 0.15) is 5.56 Å². The first-order chi connectivity index (χ1) is 6.95. The largest absolute Gasteiger partial charge is 0.326 e. The van der Waals surface area contributed by atoms with Crippen LogP contribution in [0.4, 0.5) is 0 Å². The number of hydrogen-bond acceptors (Lipinski definition) is 4. The van der Waals surface area contributed by atoms with Crippen LogP contribution in [0.2, 0.25) is 0 Å². The maximum atomic E-state index is 11.6. The molecule has 0 saturated heterocycles. The van der Waals surface area contributed by atoms with Gasteiger partial charge in [-0.1, -0.05) is 0 Å². The van der Waals surface area contributed by atoms with Gasteiger partial charge in [0.15, 0.2) is 0 Å². The maximum absolute atomic E-state index is 11.6. The third-order valence-electron chi connectivity index (χ3n) is 2.58. The Balaban J connectivity index is 2.91. The Kier molecular flexibility index (Phi) is 1.77. The summed E-state index contributed by atoms with van der Waals surface area (Å²) in [6, 6.07) is 0. The predicted molar refractivity (Wildman–Crippen MR) is 51.2 cm³/mol. The summed E-state index contributed by atoms with van der Waals surface area (Å²) < 4.78 is 0. The minimum absolute atomic E-state index is 0.115. The zero-order chi connectivity index (χ0) is 11.3. The first-order valence-electron chi connectivity index (χ1n) is 4.32. The summed E-state index contributed by atoms with van der Waals surface area (Å²) in [5, 5.41) is 0.465. The lowest BCUT2D eigenvalue weighted by Gasteiger charge is -2.04. The molecular formula is C9H9N3O3. The van der Waals surface area contributed by atoms with E-state index in [4.69, 9.17) is 5.84 Å². The van der Waals surface area contributed by atoms with E-state index >= 15 is 0 Å². The number of hydrazine groups is 1. The van der Waals surface area contributed by atoms with Crippen molar-refractivity contribution in [2.75, 3.05) is 0 Å². The van der Waals surface area contributed by atoms with Gasteiger partial charge >= 0.3 is 0 Å². The summed E-state index contributed by atoms with van der Waals surface area (Å²) in [6.45, 7) is 3.32. The number of pyridine rings is 1. The number of H-pyrrole nitrogens is 1. The molecule has 1 aliphatic heterocycles. The van der Waals surface area contributed by atoms with Gasteiger partial charge in [-0.25, -0.2) is 10.9 Å². The van der Waals surface area contributed by atoms with E-state index in [0.717, 1.165) is 0 Å².